The first kappa shape index (κ1) is 18.9. The van der Waals surface area contributed by atoms with Crippen molar-refractivity contribution in [1.29, 1.82) is 0 Å². The molecule has 1 aromatic carbocycles. The summed E-state index contributed by atoms with van der Waals surface area (Å²) in [4.78, 5) is 21.3. The molecule has 2 aromatic heterocycles. The molecular formula is C22H24N4O3. The minimum atomic E-state index is 0.00904. The van der Waals surface area contributed by atoms with E-state index < -0.39 is 0 Å². The van der Waals surface area contributed by atoms with Crippen molar-refractivity contribution in [1.82, 2.24) is 9.88 Å². The Morgan fingerprint density at radius 1 is 1.10 bits per heavy atom. The van der Waals surface area contributed by atoms with E-state index in [1.54, 1.807) is 19.6 Å². The number of benzene rings is 1. The van der Waals surface area contributed by atoms with E-state index in [-0.39, 0.29) is 5.91 Å². The number of rotatable bonds is 6. The highest BCUT2D eigenvalue weighted by molar-refractivity contribution is 5.94. The maximum absolute atomic E-state index is 12.8. The quantitative estimate of drug-likeness (QED) is 0.694. The number of aromatic nitrogens is 1. The van der Waals surface area contributed by atoms with Crippen LogP contribution >= 0.6 is 0 Å². The number of anilines is 2. The molecule has 1 aliphatic heterocycles. The van der Waals surface area contributed by atoms with Crippen LogP contribution in [0.3, 0.4) is 0 Å². The molecule has 29 heavy (non-hydrogen) atoms. The summed E-state index contributed by atoms with van der Waals surface area (Å²) in [5, 5.41) is 3.18. The summed E-state index contributed by atoms with van der Waals surface area (Å²) in [7, 11) is 1.68. The maximum Gasteiger partial charge on any atom is 0.255 e. The van der Waals surface area contributed by atoms with E-state index in [0.29, 0.717) is 31.0 Å². The first-order valence-corrected chi connectivity index (χ1v) is 9.64. The van der Waals surface area contributed by atoms with Crippen LogP contribution in [0.25, 0.3) is 0 Å². The van der Waals surface area contributed by atoms with Gasteiger partial charge in [-0.05, 0) is 36.4 Å². The minimum Gasteiger partial charge on any atom is -0.495 e. The number of furan rings is 1. The number of carbonyl (C=O) groups is 1. The second-order valence-electron chi connectivity index (χ2n) is 6.82. The number of nitrogens with one attached hydrogen (secondary N) is 1. The van der Waals surface area contributed by atoms with E-state index in [1.807, 2.05) is 47.4 Å². The zero-order chi connectivity index (χ0) is 20.1. The average Bonchev–Trinajstić information content (AvgIpc) is 3.31. The largest absolute Gasteiger partial charge is 0.495 e. The Morgan fingerprint density at radius 2 is 1.93 bits per heavy atom. The summed E-state index contributed by atoms with van der Waals surface area (Å²) in [6.07, 6.45) is 3.26. The van der Waals surface area contributed by atoms with E-state index in [2.05, 4.69) is 21.3 Å². The zero-order valence-electron chi connectivity index (χ0n) is 16.4. The molecule has 3 heterocycles. The fourth-order valence-corrected chi connectivity index (χ4v) is 3.44. The van der Waals surface area contributed by atoms with Crippen LogP contribution in [0.1, 0.15) is 16.1 Å². The molecule has 0 unspecified atom stereocenters. The molecule has 0 aliphatic carbocycles. The first-order chi connectivity index (χ1) is 14.2. The Labute approximate surface area is 169 Å². The third-order valence-corrected chi connectivity index (χ3v) is 5.03. The van der Waals surface area contributed by atoms with Crippen LogP contribution in [0.5, 0.6) is 5.75 Å². The molecule has 1 aliphatic rings. The van der Waals surface area contributed by atoms with Crippen LogP contribution in [0.2, 0.25) is 0 Å². The summed E-state index contributed by atoms with van der Waals surface area (Å²) in [6, 6.07) is 15.3. The number of hydrogen-bond donors (Lipinski definition) is 1. The van der Waals surface area contributed by atoms with Crippen LogP contribution in [0.15, 0.2) is 65.4 Å². The molecule has 150 valence electrons. The third-order valence-electron chi connectivity index (χ3n) is 5.03. The summed E-state index contributed by atoms with van der Waals surface area (Å²) < 4.78 is 10.7. The lowest BCUT2D eigenvalue weighted by atomic mass is 10.2. The van der Waals surface area contributed by atoms with Gasteiger partial charge in [-0.3, -0.25) is 4.79 Å². The molecule has 1 amide bonds. The number of methoxy groups -OCH3 is 1. The fourth-order valence-electron chi connectivity index (χ4n) is 3.44. The maximum atomic E-state index is 12.8. The molecule has 0 bridgehead atoms. The molecule has 1 N–H and O–H groups in total. The second kappa shape index (κ2) is 8.68. The summed E-state index contributed by atoms with van der Waals surface area (Å²) in [6.45, 7) is 3.41. The van der Waals surface area contributed by atoms with E-state index in [0.717, 1.165) is 30.3 Å². The summed E-state index contributed by atoms with van der Waals surface area (Å²) >= 11 is 0. The molecule has 1 saturated heterocycles. The van der Waals surface area contributed by atoms with Gasteiger partial charge in [-0.25, -0.2) is 4.98 Å². The van der Waals surface area contributed by atoms with Gasteiger partial charge in [0.05, 0.1) is 31.2 Å². The van der Waals surface area contributed by atoms with Crippen LogP contribution in [0.4, 0.5) is 11.5 Å². The number of amides is 1. The predicted molar refractivity (Wildman–Crippen MR) is 111 cm³/mol. The number of pyridine rings is 1. The number of hydrogen-bond acceptors (Lipinski definition) is 6. The summed E-state index contributed by atoms with van der Waals surface area (Å²) in [5.41, 5.74) is 1.66. The molecule has 3 aromatic rings. The third kappa shape index (κ3) is 4.34. The molecule has 0 radical (unpaired) electrons. The van der Waals surface area contributed by atoms with Gasteiger partial charge in [0, 0.05) is 32.4 Å². The number of nitrogens with zero attached hydrogens (tertiary/aromatic N) is 3. The van der Waals surface area contributed by atoms with E-state index >= 15 is 0 Å². The normalized spacial score (nSPS) is 14.0. The Morgan fingerprint density at radius 3 is 2.62 bits per heavy atom. The molecule has 0 saturated carbocycles. The fraction of sp³-hybridized carbons (Fsp3) is 0.273. The van der Waals surface area contributed by atoms with Gasteiger partial charge in [-0.1, -0.05) is 12.1 Å². The number of piperazine rings is 1. The van der Waals surface area contributed by atoms with Gasteiger partial charge >= 0.3 is 0 Å². The highest BCUT2D eigenvalue weighted by Crippen LogP contribution is 2.28. The van der Waals surface area contributed by atoms with Gasteiger partial charge < -0.3 is 24.3 Å². The van der Waals surface area contributed by atoms with Crippen molar-refractivity contribution in [3.8, 4) is 5.75 Å². The van der Waals surface area contributed by atoms with Crippen LogP contribution in [-0.4, -0.2) is 49.1 Å². The number of ether oxygens (including phenoxy) is 1. The lowest BCUT2D eigenvalue weighted by Gasteiger charge is -2.36. The Balaban J connectivity index is 1.33. The van der Waals surface area contributed by atoms with Crippen molar-refractivity contribution in [2.45, 2.75) is 6.54 Å². The molecular weight excluding hydrogens is 368 g/mol. The number of carbonyl (C=O) groups excluding carboxylic acids is 1. The van der Waals surface area contributed by atoms with Crippen molar-refractivity contribution in [2.75, 3.05) is 43.5 Å². The Bertz CT molecular complexity index is 933. The van der Waals surface area contributed by atoms with Gasteiger partial charge in [0.15, 0.2) is 0 Å². The van der Waals surface area contributed by atoms with E-state index in [1.165, 1.54) is 0 Å². The van der Waals surface area contributed by atoms with Crippen molar-refractivity contribution < 1.29 is 13.9 Å². The minimum absolute atomic E-state index is 0.00904. The van der Waals surface area contributed by atoms with E-state index in [9.17, 15) is 4.79 Å². The average molecular weight is 392 g/mol. The van der Waals surface area contributed by atoms with Gasteiger partial charge in [0.25, 0.3) is 5.91 Å². The van der Waals surface area contributed by atoms with Gasteiger partial charge in [-0.15, -0.1) is 0 Å². The zero-order valence-corrected chi connectivity index (χ0v) is 16.4. The predicted octanol–water partition coefficient (Wildman–Crippen LogP) is 3.26. The topological polar surface area (TPSA) is 70.8 Å². The highest BCUT2D eigenvalue weighted by atomic mass is 16.5. The second-order valence-corrected chi connectivity index (χ2v) is 6.82. The van der Waals surface area contributed by atoms with Gasteiger partial charge in [0.2, 0.25) is 0 Å². The first-order valence-electron chi connectivity index (χ1n) is 9.64. The molecule has 0 spiro atoms. The van der Waals surface area contributed by atoms with Crippen LogP contribution in [0, 0.1) is 0 Å². The molecule has 1 fully saturated rings. The highest BCUT2D eigenvalue weighted by Gasteiger charge is 2.23. The smallest absolute Gasteiger partial charge is 0.255 e. The molecule has 0 atom stereocenters. The SMILES string of the molecule is COc1ccccc1N1CCN(C(=O)c2ccc(NCc3ccco3)nc2)CC1. The van der Waals surface area contributed by atoms with E-state index in [4.69, 9.17) is 9.15 Å². The van der Waals surface area contributed by atoms with Gasteiger partial charge in [-0.2, -0.15) is 0 Å². The van der Waals surface area contributed by atoms with Crippen molar-refractivity contribution >= 4 is 17.4 Å². The molecule has 7 nitrogen and oxygen atoms in total. The lowest BCUT2D eigenvalue weighted by molar-refractivity contribution is 0.0746. The number of para-hydroxylation sites is 2. The van der Waals surface area contributed by atoms with Crippen molar-refractivity contribution in [2.24, 2.45) is 0 Å². The molecule has 7 heteroatoms. The standard InChI is InChI=1S/C22H24N4O3/c1-28-20-7-3-2-6-19(20)25-10-12-26(13-11-25)22(27)17-8-9-21(23-15-17)24-16-18-5-4-14-29-18/h2-9,14-15H,10-13,16H2,1H3,(H,23,24). The Kier molecular flexibility index (Phi) is 5.65. The Hall–Kier alpha value is -3.48. The van der Waals surface area contributed by atoms with Crippen molar-refractivity contribution in [3.05, 3.63) is 72.3 Å². The van der Waals surface area contributed by atoms with Gasteiger partial charge in [0.1, 0.15) is 17.3 Å². The van der Waals surface area contributed by atoms with Crippen LogP contribution < -0.4 is 15.0 Å². The summed E-state index contributed by atoms with van der Waals surface area (Å²) in [5.74, 6) is 2.41. The lowest BCUT2D eigenvalue weighted by Crippen LogP contribution is -2.48. The van der Waals surface area contributed by atoms with Crippen molar-refractivity contribution in [3.63, 3.8) is 0 Å². The molecule has 4 rings (SSSR count). The van der Waals surface area contributed by atoms with Crippen LogP contribution in [-0.2, 0) is 6.54 Å². The monoisotopic (exact) mass is 392 g/mol.